The molecule has 0 bridgehead atoms. The van der Waals surface area contributed by atoms with Gasteiger partial charge in [0.2, 0.25) is 5.91 Å². The Balaban J connectivity index is 1.96. The van der Waals surface area contributed by atoms with Gasteiger partial charge in [0, 0.05) is 18.7 Å². The molecular formula is C19H20N2O2. The van der Waals surface area contributed by atoms with Crippen molar-refractivity contribution in [2.75, 3.05) is 13.1 Å². The van der Waals surface area contributed by atoms with Gasteiger partial charge in [-0.3, -0.25) is 9.59 Å². The van der Waals surface area contributed by atoms with E-state index in [4.69, 9.17) is 0 Å². The topological polar surface area (TPSA) is 49.4 Å². The van der Waals surface area contributed by atoms with Gasteiger partial charge in [-0.1, -0.05) is 47.5 Å². The van der Waals surface area contributed by atoms with Gasteiger partial charge >= 0.3 is 0 Å². The SMILES string of the molecule is Cc1ccc(C(=O)N2CCNC(=O)C2c2cccc(C)c2)cc1. The summed E-state index contributed by atoms with van der Waals surface area (Å²) in [5, 5.41) is 2.86. The molecule has 1 N–H and O–H groups in total. The first-order chi connectivity index (χ1) is 11.1. The fourth-order valence-electron chi connectivity index (χ4n) is 2.92. The number of benzene rings is 2. The van der Waals surface area contributed by atoms with Crippen LogP contribution in [0.2, 0.25) is 0 Å². The number of amides is 2. The molecule has 1 fully saturated rings. The van der Waals surface area contributed by atoms with E-state index in [1.807, 2.05) is 62.4 Å². The zero-order valence-electron chi connectivity index (χ0n) is 13.4. The molecule has 1 aliphatic heterocycles. The van der Waals surface area contributed by atoms with Gasteiger partial charge in [-0.15, -0.1) is 0 Å². The lowest BCUT2D eigenvalue weighted by Gasteiger charge is -2.35. The monoisotopic (exact) mass is 308 g/mol. The predicted octanol–water partition coefficient (Wildman–Crippen LogP) is 2.62. The number of nitrogens with one attached hydrogen (secondary N) is 1. The minimum absolute atomic E-state index is 0.105. The molecular weight excluding hydrogens is 288 g/mol. The highest BCUT2D eigenvalue weighted by molar-refractivity contribution is 5.98. The van der Waals surface area contributed by atoms with Gasteiger partial charge in [0.25, 0.3) is 5.91 Å². The van der Waals surface area contributed by atoms with Crippen molar-refractivity contribution in [2.45, 2.75) is 19.9 Å². The van der Waals surface area contributed by atoms with E-state index in [9.17, 15) is 9.59 Å². The number of piperazine rings is 1. The minimum Gasteiger partial charge on any atom is -0.352 e. The van der Waals surface area contributed by atoms with Crippen LogP contribution < -0.4 is 5.32 Å². The second-order valence-corrected chi connectivity index (χ2v) is 5.97. The van der Waals surface area contributed by atoms with Crippen molar-refractivity contribution in [3.8, 4) is 0 Å². The first-order valence-electron chi connectivity index (χ1n) is 7.78. The van der Waals surface area contributed by atoms with Crippen LogP contribution in [0.3, 0.4) is 0 Å². The highest BCUT2D eigenvalue weighted by Crippen LogP contribution is 2.26. The molecule has 0 saturated carbocycles. The summed E-state index contributed by atoms with van der Waals surface area (Å²) < 4.78 is 0. The number of aryl methyl sites for hydroxylation is 2. The Kier molecular flexibility index (Phi) is 4.15. The smallest absolute Gasteiger partial charge is 0.254 e. The highest BCUT2D eigenvalue weighted by Gasteiger charge is 2.34. The van der Waals surface area contributed by atoms with E-state index in [-0.39, 0.29) is 11.8 Å². The largest absolute Gasteiger partial charge is 0.352 e. The molecule has 0 spiro atoms. The Bertz CT molecular complexity index is 737. The Hall–Kier alpha value is -2.62. The van der Waals surface area contributed by atoms with Crippen LogP contribution in [-0.2, 0) is 4.79 Å². The Labute approximate surface area is 136 Å². The molecule has 1 saturated heterocycles. The quantitative estimate of drug-likeness (QED) is 0.927. The third-order valence-corrected chi connectivity index (χ3v) is 4.13. The van der Waals surface area contributed by atoms with Crippen LogP contribution in [0, 0.1) is 13.8 Å². The summed E-state index contributed by atoms with van der Waals surface area (Å²) in [7, 11) is 0. The number of nitrogens with zero attached hydrogens (tertiary/aromatic N) is 1. The zero-order valence-corrected chi connectivity index (χ0v) is 13.4. The highest BCUT2D eigenvalue weighted by atomic mass is 16.2. The maximum Gasteiger partial charge on any atom is 0.254 e. The van der Waals surface area contributed by atoms with Crippen molar-refractivity contribution in [1.82, 2.24) is 10.2 Å². The molecule has 1 aliphatic rings. The Morgan fingerprint density at radius 3 is 2.52 bits per heavy atom. The molecule has 1 heterocycles. The average molecular weight is 308 g/mol. The van der Waals surface area contributed by atoms with Crippen LogP contribution >= 0.6 is 0 Å². The van der Waals surface area contributed by atoms with E-state index in [2.05, 4.69) is 5.32 Å². The Morgan fingerprint density at radius 2 is 1.83 bits per heavy atom. The third kappa shape index (κ3) is 3.11. The lowest BCUT2D eigenvalue weighted by atomic mass is 9.99. The van der Waals surface area contributed by atoms with Gasteiger partial charge in [-0.05, 0) is 31.5 Å². The molecule has 0 aromatic heterocycles. The van der Waals surface area contributed by atoms with Crippen molar-refractivity contribution >= 4 is 11.8 Å². The zero-order chi connectivity index (χ0) is 16.4. The summed E-state index contributed by atoms with van der Waals surface area (Å²) in [4.78, 5) is 26.9. The number of carbonyl (C=O) groups is 2. The third-order valence-electron chi connectivity index (χ3n) is 4.13. The predicted molar refractivity (Wildman–Crippen MR) is 89.1 cm³/mol. The summed E-state index contributed by atoms with van der Waals surface area (Å²) in [6, 6.07) is 14.7. The standard InChI is InChI=1S/C19H20N2O2/c1-13-6-8-15(9-7-13)19(23)21-11-10-20-18(22)17(21)16-5-3-4-14(2)12-16/h3-9,12,17H,10-11H2,1-2H3,(H,20,22). The maximum absolute atomic E-state index is 12.9. The van der Waals surface area contributed by atoms with E-state index in [0.717, 1.165) is 16.7 Å². The molecule has 3 rings (SSSR count). The maximum atomic E-state index is 12.9. The van der Waals surface area contributed by atoms with Gasteiger partial charge < -0.3 is 10.2 Å². The summed E-state index contributed by atoms with van der Waals surface area (Å²) >= 11 is 0. The molecule has 2 amide bonds. The molecule has 4 heteroatoms. The summed E-state index contributed by atoms with van der Waals surface area (Å²) in [5.41, 5.74) is 3.64. The van der Waals surface area contributed by atoms with Crippen molar-refractivity contribution in [3.63, 3.8) is 0 Å². The van der Waals surface area contributed by atoms with Crippen LogP contribution in [0.15, 0.2) is 48.5 Å². The Morgan fingerprint density at radius 1 is 1.09 bits per heavy atom. The van der Waals surface area contributed by atoms with Gasteiger partial charge in [0.05, 0.1) is 0 Å². The fraction of sp³-hybridized carbons (Fsp3) is 0.263. The molecule has 2 aromatic rings. The number of hydrogen-bond donors (Lipinski definition) is 1. The number of hydrogen-bond acceptors (Lipinski definition) is 2. The van der Waals surface area contributed by atoms with Crippen LogP contribution in [0.25, 0.3) is 0 Å². The second-order valence-electron chi connectivity index (χ2n) is 5.97. The lowest BCUT2D eigenvalue weighted by molar-refractivity contribution is -0.128. The first kappa shape index (κ1) is 15.3. The van der Waals surface area contributed by atoms with E-state index in [1.54, 1.807) is 4.90 Å². The molecule has 4 nitrogen and oxygen atoms in total. The van der Waals surface area contributed by atoms with Crippen LogP contribution in [-0.4, -0.2) is 29.8 Å². The molecule has 0 aliphatic carbocycles. The van der Waals surface area contributed by atoms with Crippen molar-refractivity contribution in [3.05, 3.63) is 70.8 Å². The van der Waals surface area contributed by atoms with Gasteiger partial charge in [0.1, 0.15) is 6.04 Å². The van der Waals surface area contributed by atoms with Crippen LogP contribution in [0.5, 0.6) is 0 Å². The average Bonchev–Trinajstić information content (AvgIpc) is 2.54. The van der Waals surface area contributed by atoms with E-state index in [1.165, 1.54) is 0 Å². The summed E-state index contributed by atoms with van der Waals surface area (Å²) in [6.45, 7) is 4.96. The van der Waals surface area contributed by atoms with E-state index in [0.29, 0.717) is 18.7 Å². The number of rotatable bonds is 2. The second kappa shape index (κ2) is 6.24. The van der Waals surface area contributed by atoms with Crippen LogP contribution in [0.1, 0.15) is 33.1 Å². The van der Waals surface area contributed by atoms with Gasteiger partial charge in [-0.2, -0.15) is 0 Å². The van der Waals surface area contributed by atoms with E-state index >= 15 is 0 Å². The summed E-state index contributed by atoms with van der Waals surface area (Å²) in [6.07, 6.45) is 0. The molecule has 2 aromatic carbocycles. The van der Waals surface area contributed by atoms with Gasteiger partial charge in [0.15, 0.2) is 0 Å². The summed E-state index contributed by atoms with van der Waals surface area (Å²) in [5.74, 6) is -0.228. The molecule has 1 atom stereocenters. The molecule has 0 radical (unpaired) electrons. The number of carbonyl (C=O) groups excluding carboxylic acids is 2. The van der Waals surface area contributed by atoms with Crippen molar-refractivity contribution in [2.24, 2.45) is 0 Å². The van der Waals surface area contributed by atoms with Gasteiger partial charge in [-0.25, -0.2) is 0 Å². The normalized spacial score (nSPS) is 17.7. The fourth-order valence-corrected chi connectivity index (χ4v) is 2.92. The first-order valence-corrected chi connectivity index (χ1v) is 7.78. The molecule has 118 valence electrons. The lowest BCUT2D eigenvalue weighted by Crippen LogP contribution is -2.52. The van der Waals surface area contributed by atoms with E-state index < -0.39 is 6.04 Å². The minimum atomic E-state index is -0.572. The van der Waals surface area contributed by atoms with Crippen LogP contribution in [0.4, 0.5) is 0 Å². The van der Waals surface area contributed by atoms with Crippen molar-refractivity contribution in [1.29, 1.82) is 0 Å². The van der Waals surface area contributed by atoms with Crippen molar-refractivity contribution < 1.29 is 9.59 Å². The molecule has 1 unspecified atom stereocenters. The molecule has 23 heavy (non-hydrogen) atoms.